The van der Waals surface area contributed by atoms with Gasteiger partial charge in [-0.2, -0.15) is 0 Å². The Morgan fingerprint density at radius 3 is 3.15 bits per heavy atom. The number of rotatable bonds is 3. The minimum absolute atomic E-state index is 0.0621. The van der Waals surface area contributed by atoms with E-state index in [0.29, 0.717) is 5.13 Å². The van der Waals surface area contributed by atoms with Crippen molar-refractivity contribution in [2.45, 2.75) is 13.0 Å². The summed E-state index contributed by atoms with van der Waals surface area (Å²) in [6, 6.07) is -0.364. The van der Waals surface area contributed by atoms with Crippen LogP contribution in [0.3, 0.4) is 0 Å². The van der Waals surface area contributed by atoms with Crippen molar-refractivity contribution in [3.05, 3.63) is 18.2 Å². The highest BCUT2D eigenvalue weighted by Crippen LogP contribution is 2.06. The van der Waals surface area contributed by atoms with Gasteiger partial charge in [-0.1, -0.05) is 17.4 Å². The van der Waals surface area contributed by atoms with E-state index in [1.165, 1.54) is 11.3 Å². The summed E-state index contributed by atoms with van der Waals surface area (Å²) >= 11 is 1.27. The van der Waals surface area contributed by atoms with Gasteiger partial charge in [0.25, 0.3) is 0 Å². The molecule has 0 aliphatic heterocycles. The number of nitrogens with zero attached hydrogens (tertiary/aromatic N) is 2. The minimum Gasteiger partial charge on any atom is -0.332 e. The first-order valence-corrected chi connectivity index (χ1v) is 4.56. The zero-order chi connectivity index (χ0) is 9.68. The number of carbonyl (C=O) groups excluding carboxylic acids is 1. The van der Waals surface area contributed by atoms with Gasteiger partial charge < -0.3 is 5.32 Å². The van der Waals surface area contributed by atoms with E-state index in [0.717, 1.165) is 0 Å². The smallest absolute Gasteiger partial charge is 0.321 e. The van der Waals surface area contributed by atoms with Crippen LogP contribution < -0.4 is 10.6 Å². The maximum atomic E-state index is 11.1. The standard InChI is InChI=1S/C7H10N4OS/c1-3-5(2)9-6(12)10-7-11-8-4-13-7/h3-5H,1H2,2H3,(H2,9,10,11,12). The van der Waals surface area contributed by atoms with E-state index in [1.807, 2.05) is 6.92 Å². The van der Waals surface area contributed by atoms with Crippen LogP contribution in [0.5, 0.6) is 0 Å². The van der Waals surface area contributed by atoms with E-state index >= 15 is 0 Å². The summed E-state index contributed by atoms with van der Waals surface area (Å²) in [4.78, 5) is 11.1. The van der Waals surface area contributed by atoms with Crippen LogP contribution in [0.1, 0.15) is 6.92 Å². The molecular weight excluding hydrogens is 188 g/mol. The van der Waals surface area contributed by atoms with Gasteiger partial charge in [-0.25, -0.2) is 4.79 Å². The van der Waals surface area contributed by atoms with Gasteiger partial charge in [0.1, 0.15) is 5.51 Å². The third-order valence-electron chi connectivity index (χ3n) is 1.29. The van der Waals surface area contributed by atoms with E-state index in [9.17, 15) is 4.79 Å². The molecule has 1 heterocycles. The fourth-order valence-electron chi connectivity index (χ4n) is 0.626. The fourth-order valence-corrected chi connectivity index (χ4v) is 1.07. The highest BCUT2D eigenvalue weighted by Gasteiger charge is 2.05. The fraction of sp³-hybridized carbons (Fsp3) is 0.286. The van der Waals surface area contributed by atoms with Crippen molar-refractivity contribution in [2.75, 3.05) is 5.32 Å². The zero-order valence-electron chi connectivity index (χ0n) is 7.15. The van der Waals surface area contributed by atoms with Gasteiger partial charge in [0.15, 0.2) is 0 Å². The van der Waals surface area contributed by atoms with Crippen molar-refractivity contribution in [1.29, 1.82) is 0 Å². The van der Waals surface area contributed by atoms with Gasteiger partial charge in [0.05, 0.1) is 0 Å². The Morgan fingerprint density at radius 1 is 1.85 bits per heavy atom. The number of aromatic nitrogens is 2. The lowest BCUT2D eigenvalue weighted by Crippen LogP contribution is -2.34. The van der Waals surface area contributed by atoms with Crippen LogP contribution in [0.25, 0.3) is 0 Å². The Hall–Kier alpha value is -1.43. The molecule has 0 aliphatic rings. The molecule has 2 N–H and O–H groups in total. The van der Waals surface area contributed by atoms with Gasteiger partial charge in [-0.05, 0) is 6.92 Å². The van der Waals surface area contributed by atoms with Crippen LogP contribution in [0.2, 0.25) is 0 Å². The first kappa shape index (κ1) is 9.66. The Morgan fingerprint density at radius 2 is 2.62 bits per heavy atom. The monoisotopic (exact) mass is 198 g/mol. The Labute approximate surface area is 79.9 Å². The molecule has 1 unspecified atom stereocenters. The molecule has 0 bridgehead atoms. The number of amides is 2. The molecule has 2 amide bonds. The number of hydrogen-bond donors (Lipinski definition) is 2. The van der Waals surface area contributed by atoms with Crippen LogP contribution in [-0.4, -0.2) is 22.3 Å². The van der Waals surface area contributed by atoms with Gasteiger partial charge in [-0.15, -0.1) is 16.8 Å². The van der Waals surface area contributed by atoms with Gasteiger partial charge >= 0.3 is 6.03 Å². The molecule has 70 valence electrons. The Bertz CT molecular complexity index is 285. The maximum absolute atomic E-state index is 11.1. The van der Waals surface area contributed by atoms with Gasteiger partial charge in [0, 0.05) is 6.04 Å². The topological polar surface area (TPSA) is 66.9 Å². The van der Waals surface area contributed by atoms with Crippen LogP contribution >= 0.6 is 11.3 Å². The summed E-state index contributed by atoms with van der Waals surface area (Å²) in [6.07, 6.45) is 1.64. The first-order valence-electron chi connectivity index (χ1n) is 3.68. The quantitative estimate of drug-likeness (QED) is 0.718. The zero-order valence-corrected chi connectivity index (χ0v) is 7.97. The first-order chi connectivity index (χ1) is 6.22. The molecule has 1 aromatic heterocycles. The summed E-state index contributed by atoms with van der Waals surface area (Å²) in [5.41, 5.74) is 1.55. The summed E-state index contributed by atoms with van der Waals surface area (Å²) in [5, 5.41) is 12.9. The molecule has 0 fully saturated rings. The van der Waals surface area contributed by atoms with Crippen molar-refractivity contribution in [3.8, 4) is 0 Å². The molecule has 6 heteroatoms. The number of hydrogen-bond acceptors (Lipinski definition) is 4. The van der Waals surface area contributed by atoms with Crippen molar-refractivity contribution in [3.63, 3.8) is 0 Å². The van der Waals surface area contributed by atoms with Crippen molar-refractivity contribution >= 4 is 22.5 Å². The van der Waals surface area contributed by atoms with Crippen molar-refractivity contribution < 1.29 is 4.79 Å². The molecular formula is C7H10N4OS. The van der Waals surface area contributed by atoms with Crippen LogP contribution in [0.15, 0.2) is 18.2 Å². The summed E-state index contributed by atoms with van der Waals surface area (Å²) in [5.74, 6) is 0. The number of carbonyl (C=O) groups is 1. The molecule has 1 atom stereocenters. The molecule has 0 aliphatic carbocycles. The molecule has 13 heavy (non-hydrogen) atoms. The second-order valence-corrected chi connectivity index (χ2v) is 3.20. The SMILES string of the molecule is C=CC(C)NC(=O)Nc1nncs1. The average Bonchev–Trinajstić information content (AvgIpc) is 2.56. The Kier molecular flexibility index (Phi) is 3.39. The van der Waals surface area contributed by atoms with E-state index < -0.39 is 0 Å². The van der Waals surface area contributed by atoms with Crippen LogP contribution in [-0.2, 0) is 0 Å². The van der Waals surface area contributed by atoms with Gasteiger partial charge in [0.2, 0.25) is 5.13 Å². The second-order valence-electron chi connectivity index (χ2n) is 2.37. The predicted octanol–water partition coefficient (Wildman–Crippen LogP) is 1.23. The molecule has 0 spiro atoms. The van der Waals surface area contributed by atoms with E-state index in [1.54, 1.807) is 11.6 Å². The maximum Gasteiger partial charge on any atom is 0.321 e. The predicted molar refractivity (Wildman–Crippen MR) is 51.7 cm³/mol. The lowest BCUT2D eigenvalue weighted by molar-refractivity contribution is 0.251. The second kappa shape index (κ2) is 4.56. The van der Waals surface area contributed by atoms with E-state index in [2.05, 4.69) is 27.4 Å². The van der Waals surface area contributed by atoms with Crippen molar-refractivity contribution in [1.82, 2.24) is 15.5 Å². The third-order valence-corrected chi connectivity index (χ3v) is 1.90. The number of anilines is 1. The van der Waals surface area contributed by atoms with Crippen LogP contribution in [0.4, 0.5) is 9.93 Å². The molecule has 1 rings (SSSR count). The highest BCUT2D eigenvalue weighted by molar-refractivity contribution is 7.13. The lowest BCUT2D eigenvalue weighted by atomic mass is 10.3. The number of urea groups is 1. The Balaban J connectivity index is 2.38. The summed E-state index contributed by atoms with van der Waals surface area (Å²) in [7, 11) is 0. The van der Waals surface area contributed by atoms with E-state index in [4.69, 9.17) is 0 Å². The molecule has 0 saturated heterocycles. The summed E-state index contributed by atoms with van der Waals surface area (Å²) < 4.78 is 0. The molecule has 0 saturated carbocycles. The average molecular weight is 198 g/mol. The molecule has 0 radical (unpaired) electrons. The lowest BCUT2D eigenvalue weighted by Gasteiger charge is -2.08. The molecule has 1 aromatic rings. The molecule has 5 nitrogen and oxygen atoms in total. The highest BCUT2D eigenvalue weighted by atomic mass is 32.1. The third kappa shape index (κ3) is 3.20. The van der Waals surface area contributed by atoms with Crippen molar-refractivity contribution in [2.24, 2.45) is 0 Å². The van der Waals surface area contributed by atoms with E-state index in [-0.39, 0.29) is 12.1 Å². The largest absolute Gasteiger partial charge is 0.332 e. The van der Waals surface area contributed by atoms with Gasteiger partial charge in [-0.3, -0.25) is 5.32 Å². The molecule has 0 aromatic carbocycles. The normalized spacial score (nSPS) is 11.8. The summed E-state index contributed by atoms with van der Waals surface area (Å²) in [6.45, 7) is 5.37. The van der Waals surface area contributed by atoms with Crippen LogP contribution in [0, 0.1) is 0 Å². The minimum atomic E-state index is -0.302. The number of nitrogens with one attached hydrogen (secondary N) is 2.